The van der Waals surface area contributed by atoms with Crippen LogP contribution in [0.4, 0.5) is 5.69 Å². The highest BCUT2D eigenvalue weighted by molar-refractivity contribution is 6.30. The molecule has 4 heteroatoms. The van der Waals surface area contributed by atoms with Crippen LogP contribution in [0.5, 0.6) is 0 Å². The second kappa shape index (κ2) is 4.78. The number of halogens is 1. The lowest BCUT2D eigenvalue weighted by atomic mass is 10.2. The van der Waals surface area contributed by atoms with E-state index in [9.17, 15) is 0 Å². The van der Waals surface area contributed by atoms with E-state index in [-0.39, 0.29) is 0 Å². The average molecular weight is 271 g/mol. The van der Waals surface area contributed by atoms with Crippen LogP contribution in [0.25, 0.3) is 23.3 Å². The lowest BCUT2D eigenvalue weighted by molar-refractivity contribution is 0.590. The van der Waals surface area contributed by atoms with Crippen molar-refractivity contribution in [1.82, 2.24) is 4.98 Å². The maximum atomic E-state index is 5.83. The minimum absolute atomic E-state index is 0.551. The van der Waals surface area contributed by atoms with E-state index in [1.807, 2.05) is 42.5 Å². The number of anilines is 1. The maximum absolute atomic E-state index is 5.83. The topological polar surface area (TPSA) is 52.0 Å². The van der Waals surface area contributed by atoms with Gasteiger partial charge in [0.2, 0.25) is 5.89 Å². The van der Waals surface area contributed by atoms with Gasteiger partial charge in [0, 0.05) is 16.8 Å². The Balaban J connectivity index is 1.90. The summed E-state index contributed by atoms with van der Waals surface area (Å²) >= 11 is 5.83. The molecule has 94 valence electrons. The minimum atomic E-state index is 0.551. The van der Waals surface area contributed by atoms with Gasteiger partial charge < -0.3 is 10.2 Å². The SMILES string of the molecule is Nc1ccc2oc(/C=C/c3ccc(Cl)cc3)nc2c1. The number of oxazole rings is 1. The van der Waals surface area contributed by atoms with Crippen molar-refractivity contribution in [3.05, 3.63) is 58.9 Å². The number of hydrogen-bond donors (Lipinski definition) is 1. The van der Waals surface area contributed by atoms with Crippen molar-refractivity contribution in [2.24, 2.45) is 0 Å². The summed E-state index contributed by atoms with van der Waals surface area (Å²) in [5, 5.41) is 0.717. The third-order valence-corrected chi connectivity index (χ3v) is 2.97. The van der Waals surface area contributed by atoms with Crippen molar-refractivity contribution in [1.29, 1.82) is 0 Å². The highest BCUT2D eigenvalue weighted by Gasteiger charge is 2.02. The Bertz CT molecular complexity index is 744. The van der Waals surface area contributed by atoms with Gasteiger partial charge in [0.25, 0.3) is 0 Å². The van der Waals surface area contributed by atoms with Crippen LogP contribution in [-0.2, 0) is 0 Å². The lowest BCUT2D eigenvalue weighted by Crippen LogP contribution is -1.82. The molecule has 2 N–H and O–H groups in total. The molecule has 0 aliphatic rings. The fourth-order valence-electron chi connectivity index (χ4n) is 1.77. The first kappa shape index (κ1) is 11.8. The fraction of sp³-hybridized carbons (Fsp3) is 0. The van der Waals surface area contributed by atoms with Gasteiger partial charge in [-0.25, -0.2) is 4.98 Å². The van der Waals surface area contributed by atoms with Crippen molar-refractivity contribution in [3.63, 3.8) is 0 Å². The van der Waals surface area contributed by atoms with E-state index in [0.29, 0.717) is 11.6 Å². The van der Waals surface area contributed by atoms with E-state index >= 15 is 0 Å². The van der Waals surface area contributed by atoms with Crippen LogP contribution in [0.15, 0.2) is 46.9 Å². The molecule has 1 aromatic heterocycles. The molecule has 0 saturated carbocycles. The van der Waals surface area contributed by atoms with Gasteiger partial charge in [0.15, 0.2) is 5.58 Å². The lowest BCUT2D eigenvalue weighted by Gasteiger charge is -1.92. The van der Waals surface area contributed by atoms with Gasteiger partial charge in [-0.05, 0) is 42.0 Å². The first-order valence-electron chi connectivity index (χ1n) is 5.80. The van der Waals surface area contributed by atoms with E-state index < -0.39 is 0 Å². The Labute approximate surface area is 115 Å². The summed E-state index contributed by atoms with van der Waals surface area (Å²) in [4.78, 5) is 4.35. The molecule has 0 atom stereocenters. The van der Waals surface area contributed by atoms with Crippen molar-refractivity contribution in [2.75, 3.05) is 5.73 Å². The predicted molar refractivity (Wildman–Crippen MR) is 78.8 cm³/mol. The van der Waals surface area contributed by atoms with Crippen molar-refractivity contribution in [2.45, 2.75) is 0 Å². The summed E-state index contributed by atoms with van der Waals surface area (Å²) in [6.45, 7) is 0. The third-order valence-electron chi connectivity index (χ3n) is 2.72. The van der Waals surface area contributed by atoms with Crippen LogP contribution in [0.1, 0.15) is 11.5 Å². The van der Waals surface area contributed by atoms with Gasteiger partial charge in [0.05, 0.1) is 0 Å². The molecule has 1 heterocycles. The Morgan fingerprint density at radius 1 is 1.05 bits per heavy atom. The molecule has 0 fully saturated rings. The van der Waals surface area contributed by atoms with Gasteiger partial charge in [-0.15, -0.1) is 0 Å². The summed E-state index contributed by atoms with van der Waals surface area (Å²) < 4.78 is 5.59. The highest BCUT2D eigenvalue weighted by Crippen LogP contribution is 2.20. The van der Waals surface area contributed by atoms with E-state index in [0.717, 1.165) is 21.7 Å². The molecule has 0 radical (unpaired) electrons. The van der Waals surface area contributed by atoms with Gasteiger partial charge in [-0.2, -0.15) is 0 Å². The first-order chi connectivity index (χ1) is 9.20. The Hall–Kier alpha value is -2.26. The standard InChI is InChI=1S/C15H11ClN2O/c16-11-4-1-10(2-5-11)3-8-15-18-13-9-12(17)6-7-14(13)19-15/h1-9H,17H2/b8-3+. The molecule has 19 heavy (non-hydrogen) atoms. The molecule has 0 aliphatic carbocycles. The zero-order chi connectivity index (χ0) is 13.2. The van der Waals surface area contributed by atoms with Crippen molar-refractivity contribution < 1.29 is 4.42 Å². The quantitative estimate of drug-likeness (QED) is 0.709. The minimum Gasteiger partial charge on any atom is -0.437 e. The fourth-order valence-corrected chi connectivity index (χ4v) is 1.90. The highest BCUT2D eigenvalue weighted by atomic mass is 35.5. The summed E-state index contributed by atoms with van der Waals surface area (Å²) in [5.74, 6) is 0.551. The molecule has 0 amide bonds. The molecule has 3 rings (SSSR count). The van der Waals surface area contributed by atoms with E-state index in [4.69, 9.17) is 21.8 Å². The van der Waals surface area contributed by atoms with Gasteiger partial charge in [-0.3, -0.25) is 0 Å². The molecule has 0 aliphatic heterocycles. The van der Waals surface area contributed by atoms with Crippen LogP contribution in [0.3, 0.4) is 0 Å². The van der Waals surface area contributed by atoms with Crippen LogP contribution < -0.4 is 5.73 Å². The number of fused-ring (bicyclic) bond motifs is 1. The monoisotopic (exact) mass is 270 g/mol. The van der Waals surface area contributed by atoms with E-state index in [1.165, 1.54) is 0 Å². The van der Waals surface area contributed by atoms with Crippen LogP contribution in [0.2, 0.25) is 5.02 Å². The maximum Gasteiger partial charge on any atom is 0.220 e. The van der Waals surface area contributed by atoms with E-state index in [2.05, 4.69) is 4.98 Å². The number of hydrogen-bond acceptors (Lipinski definition) is 3. The third kappa shape index (κ3) is 2.61. The molecule has 3 nitrogen and oxygen atoms in total. The number of nitrogens with zero attached hydrogens (tertiary/aromatic N) is 1. The van der Waals surface area contributed by atoms with Crippen LogP contribution in [0, 0.1) is 0 Å². The smallest absolute Gasteiger partial charge is 0.220 e. The molecule has 0 spiro atoms. The first-order valence-corrected chi connectivity index (χ1v) is 6.18. The van der Waals surface area contributed by atoms with Crippen LogP contribution >= 0.6 is 11.6 Å². The summed E-state index contributed by atoms with van der Waals surface area (Å²) in [7, 11) is 0. The Morgan fingerprint density at radius 2 is 1.84 bits per heavy atom. The predicted octanol–water partition coefficient (Wildman–Crippen LogP) is 4.23. The number of aromatic nitrogens is 1. The largest absolute Gasteiger partial charge is 0.437 e. The van der Waals surface area contributed by atoms with Crippen LogP contribution in [-0.4, -0.2) is 4.98 Å². The van der Waals surface area contributed by atoms with Gasteiger partial charge in [0.1, 0.15) is 5.52 Å². The molecule has 3 aromatic rings. The second-order valence-corrected chi connectivity index (χ2v) is 4.60. The number of rotatable bonds is 2. The van der Waals surface area contributed by atoms with Crippen molar-refractivity contribution in [3.8, 4) is 0 Å². The molecule has 0 unspecified atom stereocenters. The van der Waals surface area contributed by atoms with E-state index in [1.54, 1.807) is 12.1 Å². The Morgan fingerprint density at radius 3 is 2.63 bits per heavy atom. The number of nitrogen functional groups attached to an aromatic ring is 1. The van der Waals surface area contributed by atoms with Crippen molar-refractivity contribution >= 4 is 40.5 Å². The molecule has 0 bridgehead atoms. The second-order valence-electron chi connectivity index (χ2n) is 4.16. The summed E-state index contributed by atoms with van der Waals surface area (Å²) in [5.41, 5.74) is 8.90. The summed E-state index contributed by atoms with van der Waals surface area (Å²) in [6, 6.07) is 12.9. The molecular weight excluding hydrogens is 260 g/mol. The Kier molecular flexibility index (Phi) is 2.97. The number of benzene rings is 2. The summed E-state index contributed by atoms with van der Waals surface area (Å²) in [6.07, 6.45) is 3.74. The van der Waals surface area contributed by atoms with Gasteiger partial charge in [-0.1, -0.05) is 23.7 Å². The van der Waals surface area contributed by atoms with Gasteiger partial charge >= 0.3 is 0 Å². The zero-order valence-corrected chi connectivity index (χ0v) is 10.8. The molecular formula is C15H11ClN2O. The zero-order valence-electron chi connectivity index (χ0n) is 10.0. The molecule has 0 saturated heterocycles. The number of nitrogens with two attached hydrogens (primary N) is 1. The molecule has 2 aromatic carbocycles. The average Bonchev–Trinajstić information content (AvgIpc) is 2.80. The normalized spacial score (nSPS) is 11.4.